The Hall–Kier alpha value is -2.05. The number of hydrogen-bond acceptors (Lipinski definition) is 4. The summed E-state index contributed by atoms with van der Waals surface area (Å²) < 4.78 is 2.02. The zero-order valence-corrected chi connectivity index (χ0v) is 15.3. The Balaban J connectivity index is 1.60. The van der Waals surface area contributed by atoms with Crippen LogP contribution in [0.1, 0.15) is 16.0 Å². The van der Waals surface area contributed by atoms with Crippen molar-refractivity contribution in [3.63, 3.8) is 0 Å². The maximum Gasteiger partial charge on any atom is 0.230 e. The molecule has 24 heavy (non-hydrogen) atoms. The summed E-state index contributed by atoms with van der Waals surface area (Å²) in [7, 11) is 0. The summed E-state index contributed by atoms with van der Waals surface area (Å²) >= 11 is 3.12. The number of nitrogens with zero attached hydrogens (tertiary/aromatic N) is 2. The van der Waals surface area contributed by atoms with Crippen LogP contribution in [0, 0.1) is 13.8 Å². The molecule has 0 aliphatic rings. The molecule has 3 aromatic rings. The largest absolute Gasteiger partial charge is 0.350 e. The molecule has 2 heterocycles. The molecule has 0 saturated heterocycles. The van der Waals surface area contributed by atoms with Crippen LogP contribution in [0.5, 0.6) is 0 Å². The van der Waals surface area contributed by atoms with Crippen LogP contribution >= 0.6 is 23.1 Å². The minimum absolute atomic E-state index is 0.0205. The Morgan fingerprint density at radius 3 is 2.83 bits per heavy atom. The molecule has 0 unspecified atom stereocenters. The average Bonchev–Trinajstić information content (AvgIpc) is 3.20. The molecule has 0 saturated carbocycles. The molecule has 4 nitrogen and oxygen atoms in total. The predicted octanol–water partition coefficient (Wildman–Crippen LogP) is 3.96. The van der Waals surface area contributed by atoms with Crippen molar-refractivity contribution in [1.82, 2.24) is 14.9 Å². The second-order valence-corrected chi connectivity index (χ2v) is 7.40. The van der Waals surface area contributed by atoms with Gasteiger partial charge in [0.05, 0.1) is 18.0 Å². The van der Waals surface area contributed by atoms with E-state index in [1.54, 1.807) is 17.5 Å². The van der Waals surface area contributed by atoms with Crippen molar-refractivity contribution >= 4 is 29.0 Å². The number of carbonyl (C=O) groups is 1. The molecule has 124 valence electrons. The molecule has 2 aromatic heterocycles. The van der Waals surface area contributed by atoms with E-state index in [9.17, 15) is 4.79 Å². The first-order chi connectivity index (χ1) is 11.6. The molecule has 0 fully saturated rings. The van der Waals surface area contributed by atoms with Gasteiger partial charge >= 0.3 is 0 Å². The number of hydrogen-bond donors (Lipinski definition) is 1. The molecule has 1 amide bonds. The van der Waals surface area contributed by atoms with Gasteiger partial charge in [0.2, 0.25) is 5.91 Å². The van der Waals surface area contributed by atoms with Crippen molar-refractivity contribution < 1.29 is 4.79 Å². The number of thioether (sulfide) groups is 1. The number of carbonyl (C=O) groups excluding carboxylic acids is 1. The molecule has 1 aromatic carbocycles. The highest BCUT2D eigenvalue weighted by Crippen LogP contribution is 2.22. The second kappa shape index (κ2) is 7.68. The van der Waals surface area contributed by atoms with Gasteiger partial charge in [-0.2, -0.15) is 0 Å². The summed E-state index contributed by atoms with van der Waals surface area (Å²) in [4.78, 5) is 17.7. The second-order valence-electron chi connectivity index (χ2n) is 5.46. The lowest BCUT2D eigenvalue weighted by atomic mass is 10.2. The number of aryl methyl sites for hydroxylation is 2. The van der Waals surface area contributed by atoms with Crippen molar-refractivity contribution in [2.75, 3.05) is 5.75 Å². The molecule has 0 aliphatic heterocycles. The Morgan fingerprint density at radius 2 is 2.08 bits per heavy atom. The fourth-order valence-electron chi connectivity index (χ4n) is 2.36. The lowest BCUT2D eigenvalue weighted by Gasteiger charge is -2.10. The quantitative estimate of drug-likeness (QED) is 0.679. The summed E-state index contributed by atoms with van der Waals surface area (Å²) in [6.45, 7) is 4.72. The summed E-state index contributed by atoms with van der Waals surface area (Å²) in [5, 5.41) is 5.84. The number of amides is 1. The molecule has 1 N–H and O–H groups in total. The third kappa shape index (κ3) is 3.88. The van der Waals surface area contributed by atoms with Gasteiger partial charge < -0.3 is 5.32 Å². The van der Waals surface area contributed by atoms with E-state index in [1.807, 2.05) is 28.3 Å². The predicted molar refractivity (Wildman–Crippen MR) is 99.9 cm³/mol. The van der Waals surface area contributed by atoms with Crippen molar-refractivity contribution in [2.45, 2.75) is 25.5 Å². The normalized spacial score (nSPS) is 10.8. The highest BCUT2D eigenvalue weighted by molar-refractivity contribution is 7.99. The number of aromatic nitrogens is 2. The molecule has 6 heteroatoms. The fourth-order valence-corrected chi connectivity index (χ4v) is 4.00. The summed E-state index contributed by atoms with van der Waals surface area (Å²) in [6.07, 6.45) is 3.69. The zero-order valence-electron chi connectivity index (χ0n) is 13.7. The topological polar surface area (TPSA) is 46.9 Å². The molecule has 0 atom stereocenters. The molecular formula is C18H19N3OS2. The van der Waals surface area contributed by atoms with E-state index < -0.39 is 0 Å². The smallest absolute Gasteiger partial charge is 0.230 e. The summed E-state index contributed by atoms with van der Waals surface area (Å²) in [5.41, 5.74) is 3.49. The van der Waals surface area contributed by atoms with Gasteiger partial charge in [-0.15, -0.1) is 11.3 Å². The molecule has 0 spiro atoms. The average molecular weight is 358 g/mol. The molecule has 0 radical (unpaired) electrons. The monoisotopic (exact) mass is 357 g/mol. The summed E-state index contributed by atoms with van der Waals surface area (Å²) in [6, 6.07) is 10.2. The van der Waals surface area contributed by atoms with E-state index >= 15 is 0 Å². The van der Waals surface area contributed by atoms with Crippen LogP contribution in [0.4, 0.5) is 0 Å². The van der Waals surface area contributed by atoms with Crippen LogP contribution in [0.15, 0.2) is 53.3 Å². The van der Waals surface area contributed by atoms with Crippen LogP contribution in [0.3, 0.4) is 0 Å². The van der Waals surface area contributed by atoms with E-state index in [0.29, 0.717) is 12.3 Å². The van der Waals surface area contributed by atoms with Gasteiger partial charge in [-0.05, 0) is 42.5 Å². The lowest BCUT2D eigenvalue weighted by Crippen LogP contribution is -2.24. The first kappa shape index (κ1) is 16.8. The molecule has 0 bridgehead atoms. The number of thiophene rings is 1. The lowest BCUT2D eigenvalue weighted by molar-refractivity contribution is -0.118. The van der Waals surface area contributed by atoms with Crippen molar-refractivity contribution in [2.24, 2.45) is 0 Å². The van der Waals surface area contributed by atoms with Gasteiger partial charge in [-0.25, -0.2) is 4.98 Å². The van der Waals surface area contributed by atoms with Crippen LogP contribution < -0.4 is 5.32 Å². The Morgan fingerprint density at radius 1 is 1.25 bits per heavy atom. The Labute approximate surface area is 149 Å². The maximum atomic E-state index is 12.1. The fraction of sp³-hybridized carbons (Fsp3) is 0.222. The van der Waals surface area contributed by atoms with Crippen LogP contribution in [-0.4, -0.2) is 21.2 Å². The first-order valence-electron chi connectivity index (χ1n) is 7.67. The van der Waals surface area contributed by atoms with E-state index in [0.717, 1.165) is 10.8 Å². The van der Waals surface area contributed by atoms with Gasteiger partial charge in [0.25, 0.3) is 0 Å². The van der Waals surface area contributed by atoms with E-state index in [4.69, 9.17) is 0 Å². The third-order valence-corrected chi connectivity index (χ3v) is 5.72. The SMILES string of the molecule is Cc1ccccc1-n1ccnc1SCC(=O)NCc1sccc1C. The van der Waals surface area contributed by atoms with Crippen LogP contribution in [-0.2, 0) is 11.3 Å². The standard InChI is InChI=1S/C18H19N3OS2/c1-13-5-3-4-6-15(13)21-9-8-19-18(21)24-12-17(22)20-11-16-14(2)7-10-23-16/h3-10H,11-12H2,1-2H3,(H,20,22). The first-order valence-corrected chi connectivity index (χ1v) is 9.53. The minimum Gasteiger partial charge on any atom is -0.350 e. The van der Waals surface area contributed by atoms with Crippen LogP contribution in [0.2, 0.25) is 0 Å². The van der Waals surface area contributed by atoms with Gasteiger partial charge in [-0.1, -0.05) is 30.0 Å². The number of rotatable bonds is 6. The maximum absolute atomic E-state index is 12.1. The Bertz CT molecular complexity index is 838. The van der Waals surface area contributed by atoms with Gasteiger partial charge in [0, 0.05) is 17.3 Å². The highest BCUT2D eigenvalue weighted by atomic mass is 32.2. The van der Waals surface area contributed by atoms with E-state index in [-0.39, 0.29) is 5.91 Å². The number of benzene rings is 1. The van der Waals surface area contributed by atoms with Gasteiger partial charge in [-0.3, -0.25) is 9.36 Å². The molecule has 3 rings (SSSR count). The third-order valence-electron chi connectivity index (χ3n) is 3.73. The van der Waals surface area contributed by atoms with Gasteiger partial charge in [0.1, 0.15) is 0 Å². The van der Waals surface area contributed by atoms with E-state index in [2.05, 4.69) is 42.3 Å². The number of imidazole rings is 1. The van der Waals surface area contributed by atoms with Crippen molar-refractivity contribution in [3.05, 3.63) is 64.1 Å². The van der Waals surface area contributed by atoms with Crippen LogP contribution in [0.25, 0.3) is 5.69 Å². The molecule has 0 aliphatic carbocycles. The summed E-state index contributed by atoms with van der Waals surface area (Å²) in [5.74, 6) is 0.375. The highest BCUT2D eigenvalue weighted by Gasteiger charge is 2.10. The van der Waals surface area contributed by atoms with Crippen molar-refractivity contribution in [3.8, 4) is 5.69 Å². The zero-order chi connectivity index (χ0) is 16.9. The number of para-hydroxylation sites is 1. The van der Waals surface area contributed by atoms with E-state index in [1.165, 1.54) is 27.8 Å². The molecular weight excluding hydrogens is 338 g/mol. The van der Waals surface area contributed by atoms with Gasteiger partial charge in [0.15, 0.2) is 5.16 Å². The minimum atomic E-state index is 0.0205. The Kier molecular flexibility index (Phi) is 5.37. The van der Waals surface area contributed by atoms with Crippen molar-refractivity contribution in [1.29, 1.82) is 0 Å². The number of nitrogens with one attached hydrogen (secondary N) is 1.